The van der Waals surface area contributed by atoms with Gasteiger partial charge < -0.3 is 24.7 Å². The standard InChI is InChI=1S/C27H29N3O5/c1-34-23-11-6-5-10-21(23)28-25(31)20-13-15-30(16-14-20)27(33)22(18-19-8-3-2-4-9-19)29-26(32)24-12-7-17-35-24/h2-12,17,20,22H,13-16,18H2,1H3,(H,28,31)(H,29,32). The van der Waals surface area contributed by atoms with E-state index in [4.69, 9.17) is 9.15 Å². The minimum absolute atomic E-state index is 0.0893. The Morgan fingerprint density at radius 2 is 1.71 bits per heavy atom. The summed E-state index contributed by atoms with van der Waals surface area (Å²) in [6, 6.07) is 19.3. The fraction of sp³-hybridized carbons (Fsp3) is 0.296. The molecule has 182 valence electrons. The molecule has 4 rings (SSSR count). The number of hydrogen-bond donors (Lipinski definition) is 2. The Labute approximate surface area is 204 Å². The lowest BCUT2D eigenvalue weighted by Crippen LogP contribution is -2.52. The first-order valence-electron chi connectivity index (χ1n) is 11.7. The van der Waals surface area contributed by atoms with Crippen molar-refractivity contribution in [2.45, 2.75) is 25.3 Å². The average molecular weight is 476 g/mol. The van der Waals surface area contributed by atoms with E-state index in [1.54, 1.807) is 36.3 Å². The van der Waals surface area contributed by atoms with E-state index in [9.17, 15) is 14.4 Å². The summed E-state index contributed by atoms with van der Waals surface area (Å²) in [5, 5.41) is 5.76. The van der Waals surface area contributed by atoms with Gasteiger partial charge in [-0.05, 0) is 42.7 Å². The molecule has 2 aromatic carbocycles. The van der Waals surface area contributed by atoms with E-state index in [1.807, 2.05) is 42.5 Å². The molecule has 1 atom stereocenters. The molecule has 0 aliphatic carbocycles. The minimum atomic E-state index is -0.742. The minimum Gasteiger partial charge on any atom is -0.495 e. The first kappa shape index (κ1) is 24.1. The number of furan rings is 1. The molecule has 3 amide bonds. The predicted molar refractivity (Wildman–Crippen MR) is 131 cm³/mol. The number of hydrogen-bond acceptors (Lipinski definition) is 5. The van der Waals surface area contributed by atoms with Gasteiger partial charge in [0.2, 0.25) is 11.8 Å². The van der Waals surface area contributed by atoms with Crippen LogP contribution in [0.25, 0.3) is 0 Å². The van der Waals surface area contributed by atoms with Gasteiger partial charge in [0.05, 0.1) is 19.1 Å². The quantitative estimate of drug-likeness (QED) is 0.519. The van der Waals surface area contributed by atoms with E-state index < -0.39 is 11.9 Å². The number of nitrogens with one attached hydrogen (secondary N) is 2. The number of rotatable bonds is 8. The number of nitrogens with zero attached hydrogens (tertiary/aromatic N) is 1. The van der Waals surface area contributed by atoms with Crippen molar-refractivity contribution in [3.63, 3.8) is 0 Å². The predicted octanol–water partition coefficient (Wildman–Crippen LogP) is 3.51. The van der Waals surface area contributed by atoms with Crippen LogP contribution < -0.4 is 15.4 Å². The van der Waals surface area contributed by atoms with Gasteiger partial charge in [0.1, 0.15) is 11.8 Å². The van der Waals surface area contributed by atoms with Crippen LogP contribution in [0.2, 0.25) is 0 Å². The van der Waals surface area contributed by atoms with Gasteiger partial charge in [0.15, 0.2) is 5.76 Å². The molecule has 1 aromatic heterocycles. The first-order valence-corrected chi connectivity index (χ1v) is 11.7. The molecule has 8 nitrogen and oxygen atoms in total. The van der Waals surface area contributed by atoms with Crippen LogP contribution in [0.15, 0.2) is 77.4 Å². The Balaban J connectivity index is 1.39. The molecule has 8 heteroatoms. The fourth-order valence-corrected chi connectivity index (χ4v) is 4.25. The molecule has 0 radical (unpaired) electrons. The number of ether oxygens (including phenoxy) is 1. The van der Waals surface area contributed by atoms with Crippen LogP contribution in [0.4, 0.5) is 5.69 Å². The molecule has 2 N–H and O–H groups in total. The van der Waals surface area contributed by atoms with Crippen LogP contribution in [0.1, 0.15) is 29.0 Å². The number of carbonyl (C=O) groups is 3. The number of methoxy groups -OCH3 is 1. The number of amides is 3. The van der Waals surface area contributed by atoms with Crippen molar-refractivity contribution in [1.29, 1.82) is 0 Å². The van der Waals surface area contributed by atoms with Crippen molar-refractivity contribution >= 4 is 23.4 Å². The number of likely N-dealkylation sites (tertiary alicyclic amines) is 1. The van der Waals surface area contributed by atoms with E-state index in [0.717, 1.165) is 5.56 Å². The molecule has 2 heterocycles. The average Bonchev–Trinajstić information content (AvgIpc) is 3.44. The van der Waals surface area contributed by atoms with Crippen LogP contribution in [-0.2, 0) is 16.0 Å². The van der Waals surface area contributed by atoms with Gasteiger partial charge in [-0.25, -0.2) is 0 Å². The second-order valence-electron chi connectivity index (χ2n) is 8.48. The Hall–Kier alpha value is -4.07. The summed E-state index contributed by atoms with van der Waals surface area (Å²) in [5.74, 6) is -0.150. The number of anilines is 1. The molecule has 0 bridgehead atoms. The Morgan fingerprint density at radius 3 is 2.40 bits per heavy atom. The van der Waals surface area contributed by atoms with Crippen LogP contribution in [0, 0.1) is 5.92 Å². The summed E-state index contributed by atoms with van der Waals surface area (Å²) in [5.41, 5.74) is 1.57. The van der Waals surface area contributed by atoms with E-state index in [1.165, 1.54) is 6.26 Å². The Bertz CT molecular complexity index is 1140. The normalized spacial score (nSPS) is 14.7. The number of piperidine rings is 1. The molecule has 0 spiro atoms. The lowest BCUT2D eigenvalue weighted by Gasteiger charge is -2.34. The van der Waals surface area contributed by atoms with Crippen molar-refractivity contribution < 1.29 is 23.5 Å². The maximum Gasteiger partial charge on any atom is 0.287 e. The first-order chi connectivity index (χ1) is 17.0. The molecule has 1 saturated heterocycles. The molecule has 1 aliphatic heterocycles. The van der Waals surface area contributed by atoms with E-state index in [-0.39, 0.29) is 23.5 Å². The molecule has 1 fully saturated rings. The third-order valence-electron chi connectivity index (χ3n) is 6.17. The summed E-state index contributed by atoms with van der Waals surface area (Å²) in [4.78, 5) is 40.6. The van der Waals surface area contributed by atoms with Crippen molar-refractivity contribution in [3.05, 3.63) is 84.3 Å². The monoisotopic (exact) mass is 475 g/mol. The van der Waals surface area contributed by atoms with Crippen LogP contribution in [-0.4, -0.2) is 48.9 Å². The second kappa shape index (κ2) is 11.4. The fourth-order valence-electron chi connectivity index (χ4n) is 4.25. The summed E-state index contributed by atoms with van der Waals surface area (Å²) in [6.45, 7) is 0.871. The smallest absolute Gasteiger partial charge is 0.287 e. The molecule has 1 unspecified atom stereocenters. The summed E-state index contributed by atoms with van der Waals surface area (Å²) >= 11 is 0. The number of benzene rings is 2. The largest absolute Gasteiger partial charge is 0.495 e. The zero-order valence-electron chi connectivity index (χ0n) is 19.6. The van der Waals surface area contributed by atoms with Gasteiger partial charge in [0, 0.05) is 25.4 Å². The van der Waals surface area contributed by atoms with E-state index in [0.29, 0.717) is 43.8 Å². The topological polar surface area (TPSA) is 101 Å². The maximum absolute atomic E-state index is 13.4. The van der Waals surface area contributed by atoms with Crippen LogP contribution in [0.3, 0.4) is 0 Å². The lowest BCUT2D eigenvalue weighted by atomic mass is 9.94. The van der Waals surface area contributed by atoms with Gasteiger partial charge in [-0.3, -0.25) is 14.4 Å². The zero-order valence-corrected chi connectivity index (χ0v) is 19.6. The third-order valence-corrected chi connectivity index (χ3v) is 6.17. The van der Waals surface area contributed by atoms with Gasteiger partial charge in [0.25, 0.3) is 5.91 Å². The summed E-state index contributed by atoms with van der Waals surface area (Å²) in [6.07, 6.45) is 2.86. The lowest BCUT2D eigenvalue weighted by molar-refractivity contribution is -0.136. The highest BCUT2D eigenvalue weighted by Crippen LogP contribution is 2.26. The van der Waals surface area contributed by atoms with Crippen molar-refractivity contribution in [2.75, 3.05) is 25.5 Å². The number of para-hydroxylation sites is 2. The van der Waals surface area contributed by atoms with Gasteiger partial charge >= 0.3 is 0 Å². The van der Waals surface area contributed by atoms with Crippen molar-refractivity contribution in [3.8, 4) is 5.75 Å². The van der Waals surface area contributed by atoms with Gasteiger partial charge in [-0.2, -0.15) is 0 Å². The van der Waals surface area contributed by atoms with Gasteiger partial charge in [-0.15, -0.1) is 0 Å². The van der Waals surface area contributed by atoms with Crippen LogP contribution >= 0.6 is 0 Å². The highest BCUT2D eigenvalue weighted by molar-refractivity contribution is 5.96. The van der Waals surface area contributed by atoms with Crippen LogP contribution in [0.5, 0.6) is 5.75 Å². The molecular formula is C27H29N3O5. The highest BCUT2D eigenvalue weighted by Gasteiger charge is 2.32. The van der Waals surface area contributed by atoms with E-state index in [2.05, 4.69) is 10.6 Å². The SMILES string of the molecule is COc1ccccc1NC(=O)C1CCN(C(=O)C(Cc2ccccc2)NC(=O)c2ccco2)CC1. The Morgan fingerprint density at radius 1 is 1.00 bits per heavy atom. The molecule has 1 aliphatic rings. The third kappa shape index (κ3) is 6.09. The van der Waals surface area contributed by atoms with E-state index >= 15 is 0 Å². The van der Waals surface area contributed by atoms with Crippen molar-refractivity contribution in [1.82, 2.24) is 10.2 Å². The Kier molecular flexibility index (Phi) is 7.82. The second-order valence-corrected chi connectivity index (χ2v) is 8.48. The summed E-state index contributed by atoms with van der Waals surface area (Å²) in [7, 11) is 1.56. The molecular weight excluding hydrogens is 446 g/mol. The highest BCUT2D eigenvalue weighted by atomic mass is 16.5. The zero-order chi connectivity index (χ0) is 24.6. The molecule has 0 saturated carbocycles. The molecule has 35 heavy (non-hydrogen) atoms. The summed E-state index contributed by atoms with van der Waals surface area (Å²) < 4.78 is 10.5. The molecule has 3 aromatic rings. The van der Waals surface area contributed by atoms with Crippen molar-refractivity contribution in [2.24, 2.45) is 5.92 Å². The van der Waals surface area contributed by atoms with Gasteiger partial charge in [-0.1, -0.05) is 42.5 Å². The maximum atomic E-state index is 13.4. The number of carbonyl (C=O) groups excluding carboxylic acids is 3.